The second-order valence-electron chi connectivity index (χ2n) is 7.20. The van der Waals surface area contributed by atoms with Gasteiger partial charge in [0.25, 0.3) is 5.91 Å². The van der Waals surface area contributed by atoms with Gasteiger partial charge in [0.1, 0.15) is 6.04 Å². The lowest BCUT2D eigenvalue weighted by Gasteiger charge is -2.20. The van der Waals surface area contributed by atoms with Gasteiger partial charge in [-0.2, -0.15) is 0 Å². The van der Waals surface area contributed by atoms with Crippen molar-refractivity contribution in [3.63, 3.8) is 0 Å². The van der Waals surface area contributed by atoms with Gasteiger partial charge in [-0.05, 0) is 40.8 Å². The monoisotopic (exact) mass is 392 g/mol. The van der Waals surface area contributed by atoms with Gasteiger partial charge in [-0.3, -0.25) is 9.59 Å². The molecule has 6 heteroatoms. The summed E-state index contributed by atoms with van der Waals surface area (Å²) in [5.41, 5.74) is 7.71. The number of rotatable bonds is 5. The maximum atomic E-state index is 12.5. The van der Waals surface area contributed by atoms with Crippen molar-refractivity contribution in [2.24, 2.45) is 5.73 Å². The van der Waals surface area contributed by atoms with Crippen LogP contribution in [0, 0.1) is 0 Å². The molecule has 0 aliphatic carbocycles. The highest BCUT2D eigenvalue weighted by atomic mass is 35.5. The molecule has 0 heterocycles. The van der Waals surface area contributed by atoms with E-state index >= 15 is 0 Å². The molecule has 2 aromatic rings. The number of amides is 2. The second kappa shape index (κ2) is 8.11. The van der Waals surface area contributed by atoms with Crippen molar-refractivity contribution in [1.29, 1.82) is 0 Å². The van der Waals surface area contributed by atoms with Gasteiger partial charge in [-0.25, -0.2) is 0 Å². The lowest BCUT2D eigenvalue weighted by Crippen LogP contribution is -2.45. The van der Waals surface area contributed by atoms with Crippen molar-refractivity contribution in [1.82, 2.24) is 5.32 Å². The van der Waals surface area contributed by atoms with Crippen LogP contribution in [-0.2, 0) is 16.6 Å². The minimum Gasteiger partial charge on any atom is -0.368 e. The molecule has 26 heavy (non-hydrogen) atoms. The van der Waals surface area contributed by atoms with E-state index < -0.39 is 11.9 Å². The van der Waals surface area contributed by atoms with Crippen LogP contribution in [0.25, 0.3) is 0 Å². The highest BCUT2D eigenvalue weighted by molar-refractivity contribution is 6.35. The summed E-state index contributed by atoms with van der Waals surface area (Å²) in [4.78, 5) is 24.2. The van der Waals surface area contributed by atoms with Crippen LogP contribution >= 0.6 is 23.2 Å². The van der Waals surface area contributed by atoms with Crippen molar-refractivity contribution in [3.05, 3.63) is 69.2 Å². The SMILES string of the molecule is CC(C)(C)c1ccc(C(=O)N[C@@H](Cc2ccc(Cl)cc2Cl)C(N)=O)cc1. The fourth-order valence-corrected chi connectivity index (χ4v) is 2.98. The zero-order valence-corrected chi connectivity index (χ0v) is 16.5. The van der Waals surface area contributed by atoms with Gasteiger partial charge in [0, 0.05) is 22.0 Å². The largest absolute Gasteiger partial charge is 0.368 e. The molecule has 0 aliphatic rings. The number of hydrogen-bond donors (Lipinski definition) is 2. The van der Waals surface area contributed by atoms with E-state index in [4.69, 9.17) is 28.9 Å². The number of nitrogens with two attached hydrogens (primary N) is 1. The molecule has 2 aromatic carbocycles. The third-order valence-corrected chi connectivity index (χ3v) is 4.69. The van der Waals surface area contributed by atoms with Crippen LogP contribution in [0.15, 0.2) is 42.5 Å². The van der Waals surface area contributed by atoms with E-state index in [0.717, 1.165) is 5.56 Å². The molecule has 2 amide bonds. The van der Waals surface area contributed by atoms with E-state index in [0.29, 0.717) is 21.2 Å². The van der Waals surface area contributed by atoms with E-state index in [-0.39, 0.29) is 17.7 Å². The topological polar surface area (TPSA) is 72.2 Å². The number of carbonyl (C=O) groups excluding carboxylic acids is 2. The van der Waals surface area contributed by atoms with Gasteiger partial charge in [0.2, 0.25) is 5.91 Å². The van der Waals surface area contributed by atoms with Crippen LogP contribution in [0.5, 0.6) is 0 Å². The molecule has 0 spiro atoms. The van der Waals surface area contributed by atoms with Crippen LogP contribution in [-0.4, -0.2) is 17.9 Å². The fourth-order valence-electron chi connectivity index (χ4n) is 2.49. The fraction of sp³-hybridized carbons (Fsp3) is 0.300. The zero-order valence-electron chi connectivity index (χ0n) is 15.0. The third kappa shape index (κ3) is 5.23. The first kappa shape index (κ1) is 20.3. The minimum atomic E-state index is -0.872. The standard InChI is InChI=1S/C20H22Cl2N2O2/c1-20(2,3)14-7-4-12(5-8-14)19(26)24-17(18(23)25)10-13-6-9-15(21)11-16(13)22/h4-9,11,17H,10H2,1-3H3,(H2,23,25)(H,24,26)/t17-/m0/s1. The number of carbonyl (C=O) groups is 2. The van der Waals surface area contributed by atoms with Crippen LogP contribution in [0.4, 0.5) is 0 Å². The molecular weight excluding hydrogens is 371 g/mol. The summed E-state index contributed by atoms with van der Waals surface area (Å²) in [6, 6.07) is 11.4. The Balaban J connectivity index is 2.14. The number of nitrogens with one attached hydrogen (secondary N) is 1. The van der Waals surface area contributed by atoms with Gasteiger partial charge in [-0.15, -0.1) is 0 Å². The Morgan fingerprint density at radius 2 is 1.69 bits per heavy atom. The maximum absolute atomic E-state index is 12.5. The van der Waals surface area contributed by atoms with Crippen LogP contribution in [0.1, 0.15) is 42.3 Å². The first-order chi connectivity index (χ1) is 12.1. The van der Waals surface area contributed by atoms with Crippen molar-refractivity contribution in [2.45, 2.75) is 38.6 Å². The molecular formula is C20H22Cl2N2O2. The first-order valence-electron chi connectivity index (χ1n) is 8.22. The Kier molecular flexibility index (Phi) is 6.32. The van der Waals surface area contributed by atoms with Crippen LogP contribution in [0.2, 0.25) is 10.0 Å². The van der Waals surface area contributed by atoms with Crippen molar-refractivity contribution >= 4 is 35.0 Å². The Morgan fingerprint density at radius 3 is 2.19 bits per heavy atom. The summed E-state index contributed by atoms with van der Waals surface area (Å²) < 4.78 is 0. The van der Waals surface area contributed by atoms with Gasteiger partial charge in [-0.1, -0.05) is 62.2 Å². The molecule has 1 atom stereocenters. The van der Waals surface area contributed by atoms with Crippen molar-refractivity contribution < 1.29 is 9.59 Å². The summed E-state index contributed by atoms with van der Waals surface area (Å²) in [6.45, 7) is 6.29. The van der Waals surface area contributed by atoms with Gasteiger partial charge >= 0.3 is 0 Å². The minimum absolute atomic E-state index is 0.00387. The quantitative estimate of drug-likeness (QED) is 0.802. The van der Waals surface area contributed by atoms with E-state index in [1.54, 1.807) is 30.3 Å². The molecule has 0 aliphatic heterocycles. The predicted molar refractivity (Wildman–Crippen MR) is 106 cm³/mol. The Morgan fingerprint density at radius 1 is 1.08 bits per heavy atom. The van der Waals surface area contributed by atoms with E-state index in [2.05, 4.69) is 26.1 Å². The molecule has 0 saturated carbocycles. The Bertz CT molecular complexity index is 812. The lowest BCUT2D eigenvalue weighted by molar-refractivity contribution is -0.119. The normalized spacial score (nSPS) is 12.5. The third-order valence-electron chi connectivity index (χ3n) is 4.10. The Labute approximate surface area is 163 Å². The van der Waals surface area contributed by atoms with Gasteiger partial charge in [0.15, 0.2) is 0 Å². The number of halogens is 2. The van der Waals surface area contributed by atoms with Crippen LogP contribution in [0.3, 0.4) is 0 Å². The molecule has 138 valence electrons. The summed E-state index contributed by atoms with van der Waals surface area (Å²) in [6.07, 6.45) is 0.192. The number of primary amides is 1. The average molecular weight is 393 g/mol. The Hall–Kier alpha value is -2.04. The van der Waals surface area contributed by atoms with E-state index in [9.17, 15) is 9.59 Å². The maximum Gasteiger partial charge on any atom is 0.251 e. The first-order valence-corrected chi connectivity index (χ1v) is 8.98. The molecule has 0 radical (unpaired) electrons. The molecule has 0 saturated heterocycles. The molecule has 2 rings (SSSR count). The van der Waals surface area contributed by atoms with Gasteiger partial charge in [0.05, 0.1) is 0 Å². The zero-order chi connectivity index (χ0) is 19.5. The summed E-state index contributed by atoms with van der Waals surface area (Å²) in [7, 11) is 0. The molecule has 0 unspecified atom stereocenters. The second-order valence-corrected chi connectivity index (χ2v) is 8.04. The lowest BCUT2D eigenvalue weighted by atomic mass is 9.86. The van der Waals surface area contributed by atoms with E-state index in [1.165, 1.54) is 0 Å². The number of hydrogen-bond acceptors (Lipinski definition) is 2. The van der Waals surface area contributed by atoms with Crippen molar-refractivity contribution in [2.75, 3.05) is 0 Å². The molecule has 4 nitrogen and oxygen atoms in total. The average Bonchev–Trinajstić information content (AvgIpc) is 2.55. The summed E-state index contributed by atoms with van der Waals surface area (Å²) in [5, 5.41) is 3.60. The highest BCUT2D eigenvalue weighted by Gasteiger charge is 2.21. The van der Waals surface area contributed by atoms with E-state index in [1.807, 2.05) is 12.1 Å². The predicted octanol–water partition coefficient (Wildman–Crippen LogP) is 4.12. The molecule has 0 bridgehead atoms. The summed E-state index contributed by atoms with van der Waals surface area (Å²) >= 11 is 12.0. The van der Waals surface area contributed by atoms with Gasteiger partial charge < -0.3 is 11.1 Å². The molecule has 0 fully saturated rings. The van der Waals surface area contributed by atoms with Crippen LogP contribution < -0.4 is 11.1 Å². The highest BCUT2D eigenvalue weighted by Crippen LogP contribution is 2.23. The van der Waals surface area contributed by atoms with Crippen molar-refractivity contribution in [3.8, 4) is 0 Å². The summed E-state index contributed by atoms with van der Waals surface area (Å²) in [5.74, 6) is -0.991. The molecule has 0 aromatic heterocycles. The smallest absolute Gasteiger partial charge is 0.251 e. The molecule has 3 N–H and O–H groups in total. The number of benzene rings is 2.